The summed E-state index contributed by atoms with van der Waals surface area (Å²) in [6.45, 7) is 3.18. The molecule has 1 aromatic rings. The molecule has 0 radical (unpaired) electrons. The first-order chi connectivity index (χ1) is 9.08. The van der Waals surface area contributed by atoms with Gasteiger partial charge in [0.25, 0.3) is 0 Å². The number of aromatic nitrogens is 1. The minimum absolute atomic E-state index is 0.00205. The van der Waals surface area contributed by atoms with Gasteiger partial charge in [-0.25, -0.2) is 9.78 Å². The molecule has 0 spiro atoms. The van der Waals surface area contributed by atoms with Crippen LogP contribution in [0.15, 0.2) is 11.6 Å². The van der Waals surface area contributed by atoms with Gasteiger partial charge in [0.1, 0.15) is 0 Å². The molecule has 2 rings (SSSR count). The van der Waals surface area contributed by atoms with E-state index in [0.29, 0.717) is 26.1 Å². The third-order valence-electron chi connectivity index (χ3n) is 3.32. The highest BCUT2D eigenvalue weighted by Gasteiger charge is 2.36. The van der Waals surface area contributed by atoms with Crippen LogP contribution in [-0.4, -0.2) is 46.6 Å². The first-order valence-electron chi connectivity index (χ1n) is 6.22. The molecule has 2 N–H and O–H groups in total. The SMILES string of the molecule is C[C@@H]1CN(C(=O)NCCc2nccs2)C[C@H]1C(=O)O. The zero-order chi connectivity index (χ0) is 13.8. The van der Waals surface area contributed by atoms with E-state index >= 15 is 0 Å². The van der Waals surface area contributed by atoms with Crippen LogP contribution in [0.2, 0.25) is 0 Å². The van der Waals surface area contributed by atoms with Crippen molar-refractivity contribution in [2.75, 3.05) is 19.6 Å². The lowest BCUT2D eigenvalue weighted by atomic mass is 9.99. The maximum Gasteiger partial charge on any atom is 0.317 e. The minimum atomic E-state index is -0.828. The molecule has 7 heteroatoms. The van der Waals surface area contributed by atoms with E-state index in [1.165, 1.54) is 0 Å². The summed E-state index contributed by atoms with van der Waals surface area (Å²) in [7, 11) is 0. The highest BCUT2D eigenvalue weighted by atomic mass is 32.1. The number of carbonyl (C=O) groups is 2. The predicted molar refractivity (Wildman–Crippen MR) is 71.1 cm³/mol. The fraction of sp³-hybridized carbons (Fsp3) is 0.583. The second-order valence-corrected chi connectivity index (χ2v) is 5.71. The number of carboxylic acids is 1. The Morgan fingerprint density at radius 3 is 2.95 bits per heavy atom. The van der Waals surface area contributed by atoms with Crippen molar-refractivity contribution in [3.05, 3.63) is 16.6 Å². The minimum Gasteiger partial charge on any atom is -0.481 e. The summed E-state index contributed by atoms with van der Waals surface area (Å²) in [6, 6.07) is -0.188. The number of carboxylic acid groups (broad SMARTS) is 1. The smallest absolute Gasteiger partial charge is 0.317 e. The molecule has 0 bridgehead atoms. The van der Waals surface area contributed by atoms with E-state index < -0.39 is 11.9 Å². The number of likely N-dealkylation sites (tertiary alicyclic amines) is 1. The van der Waals surface area contributed by atoms with Gasteiger partial charge in [0.15, 0.2) is 0 Å². The largest absolute Gasteiger partial charge is 0.481 e. The van der Waals surface area contributed by atoms with Gasteiger partial charge in [-0.15, -0.1) is 11.3 Å². The number of amides is 2. The molecule has 1 fully saturated rings. The topological polar surface area (TPSA) is 82.5 Å². The van der Waals surface area contributed by atoms with E-state index in [2.05, 4.69) is 10.3 Å². The van der Waals surface area contributed by atoms with Gasteiger partial charge in [0, 0.05) is 37.6 Å². The van der Waals surface area contributed by atoms with Gasteiger partial charge in [0.05, 0.1) is 10.9 Å². The maximum absolute atomic E-state index is 11.9. The molecule has 0 unspecified atom stereocenters. The zero-order valence-electron chi connectivity index (χ0n) is 10.7. The number of hydrogen-bond donors (Lipinski definition) is 2. The van der Waals surface area contributed by atoms with E-state index in [0.717, 1.165) is 5.01 Å². The van der Waals surface area contributed by atoms with Crippen molar-refractivity contribution < 1.29 is 14.7 Å². The fourth-order valence-electron chi connectivity index (χ4n) is 2.22. The monoisotopic (exact) mass is 283 g/mol. The molecule has 104 valence electrons. The summed E-state index contributed by atoms with van der Waals surface area (Å²) < 4.78 is 0. The Morgan fingerprint density at radius 1 is 1.58 bits per heavy atom. The van der Waals surface area contributed by atoms with E-state index in [1.54, 1.807) is 22.4 Å². The van der Waals surface area contributed by atoms with E-state index in [9.17, 15) is 9.59 Å². The molecule has 1 aliphatic heterocycles. The molecular formula is C12H17N3O3S. The summed E-state index contributed by atoms with van der Waals surface area (Å²) in [5.74, 6) is -1.28. The number of rotatable bonds is 4. The lowest BCUT2D eigenvalue weighted by Crippen LogP contribution is -2.39. The van der Waals surface area contributed by atoms with Crippen molar-refractivity contribution in [2.24, 2.45) is 11.8 Å². The second kappa shape index (κ2) is 6.01. The lowest BCUT2D eigenvalue weighted by Gasteiger charge is -2.16. The Kier molecular flexibility index (Phi) is 4.36. The van der Waals surface area contributed by atoms with Gasteiger partial charge in [-0.05, 0) is 5.92 Å². The molecule has 1 aliphatic rings. The van der Waals surface area contributed by atoms with Crippen LogP contribution in [0, 0.1) is 11.8 Å². The van der Waals surface area contributed by atoms with Crippen LogP contribution in [0.4, 0.5) is 4.79 Å². The van der Waals surface area contributed by atoms with Crippen molar-refractivity contribution >= 4 is 23.3 Å². The Morgan fingerprint density at radius 2 is 2.37 bits per heavy atom. The summed E-state index contributed by atoms with van der Waals surface area (Å²) in [5, 5.41) is 14.7. The molecule has 19 heavy (non-hydrogen) atoms. The molecule has 0 aliphatic carbocycles. The van der Waals surface area contributed by atoms with Crippen molar-refractivity contribution in [1.29, 1.82) is 0 Å². The van der Waals surface area contributed by atoms with Crippen molar-refractivity contribution in [2.45, 2.75) is 13.3 Å². The van der Waals surface area contributed by atoms with Crippen molar-refractivity contribution in [3.63, 3.8) is 0 Å². The van der Waals surface area contributed by atoms with Crippen LogP contribution in [0.3, 0.4) is 0 Å². The second-order valence-electron chi connectivity index (χ2n) is 4.73. The lowest BCUT2D eigenvalue weighted by molar-refractivity contribution is -0.142. The Balaban J connectivity index is 1.76. The van der Waals surface area contributed by atoms with Crippen molar-refractivity contribution in [1.82, 2.24) is 15.2 Å². The van der Waals surface area contributed by atoms with Crippen LogP contribution in [0.1, 0.15) is 11.9 Å². The average Bonchev–Trinajstić information content (AvgIpc) is 2.98. The van der Waals surface area contributed by atoms with E-state index in [4.69, 9.17) is 5.11 Å². The highest BCUT2D eigenvalue weighted by Crippen LogP contribution is 2.22. The average molecular weight is 283 g/mol. The van der Waals surface area contributed by atoms with E-state index in [-0.39, 0.29) is 11.9 Å². The molecular weight excluding hydrogens is 266 g/mol. The summed E-state index contributed by atoms with van der Waals surface area (Å²) >= 11 is 1.56. The molecule has 0 aromatic carbocycles. The number of carbonyl (C=O) groups excluding carboxylic acids is 1. The fourth-order valence-corrected chi connectivity index (χ4v) is 2.84. The molecule has 2 atom stereocenters. The molecule has 2 amide bonds. The van der Waals surface area contributed by atoms with Gasteiger partial charge in [-0.2, -0.15) is 0 Å². The normalized spacial score (nSPS) is 22.5. The summed E-state index contributed by atoms with van der Waals surface area (Å²) in [4.78, 5) is 28.6. The highest BCUT2D eigenvalue weighted by molar-refractivity contribution is 7.09. The molecule has 1 aromatic heterocycles. The first-order valence-corrected chi connectivity index (χ1v) is 7.10. The van der Waals surface area contributed by atoms with Crippen LogP contribution >= 0.6 is 11.3 Å². The molecule has 6 nitrogen and oxygen atoms in total. The Hall–Kier alpha value is -1.63. The number of thiazole rings is 1. The Labute approximate surface area is 115 Å². The zero-order valence-corrected chi connectivity index (χ0v) is 11.5. The number of hydrogen-bond acceptors (Lipinski definition) is 4. The first kappa shape index (κ1) is 13.8. The van der Waals surface area contributed by atoms with Crippen LogP contribution in [-0.2, 0) is 11.2 Å². The number of nitrogens with one attached hydrogen (secondary N) is 1. The van der Waals surface area contributed by atoms with Crippen molar-refractivity contribution in [3.8, 4) is 0 Å². The van der Waals surface area contributed by atoms with Crippen LogP contribution in [0.5, 0.6) is 0 Å². The predicted octanol–water partition coefficient (Wildman–Crippen LogP) is 1.05. The molecule has 0 saturated carbocycles. The van der Waals surface area contributed by atoms with Gasteiger partial charge in [0.2, 0.25) is 0 Å². The third-order valence-corrected chi connectivity index (χ3v) is 4.15. The Bertz CT molecular complexity index is 449. The summed E-state index contributed by atoms with van der Waals surface area (Å²) in [6.07, 6.45) is 2.44. The van der Waals surface area contributed by atoms with E-state index in [1.807, 2.05) is 12.3 Å². The quantitative estimate of drug-likeness (QED) is 0.865. The molecule has 1 saturated heterocycles. The maximum atomic E-state index is 11.9. The standard InChI is InChI=1S/C12H17N3O3S/c1-8-6-15(7-9(8)11(16)17)12(18)14-3-2-10-13-4-5-19-10/h4-5,8-9H,2-3,6-7H2,1H3,(H,14,18)(H,16,17)/t8-,9-/m1/s1. The van der Waals surface area contributed by atoms with Crippen LogP contribution in [0.25, 0.3) is 0 Å². The number of aliphatic carboxylic acids is 1. The molecule has 2 heterocycles. The third kappa shape index (κ3) is 3.44. The van der Waals surface area contributed by atoms with Crippen LogP contribution < -0.4 is 5.32 Å². The van der Waals surface area contributed by atoms with Gasteiger partial charge in [-0.3, -0.25) is 4.79 Å². The van der Waals surface area contributed by atoms with Gasteiger partial charge in [-0.1, -0.05) is 6.92 Å². The number of nitrogens with zero attached hydrogens (tertiary/aromatic N) is 2. The van der Waals surface area contributed by atoms with Gasteiger partial charge < -0.3 is 15.3 Å². The number of urea groups is 1. The summed E-state index contributed by atoms with van der Waals surface area (Å²) in [5.41, 5.74) is 0. The van der Waals surface area contributed by atoms with Gasteiger partial charge >= 0.3 is 12.0 Å².